The third-order valence-electron chi connectivity index (χ3n) is 4.91. The zero-order chi connectivity index (χ0) is 22.7. The van der Waals surface area contributed by atoms with Crippen molar-refractivity contribution in [1.82, 2.24) is 19.9 Å². The van der Waals surface area contributed by atoms with E-state index in [1.807, 2.05) is 18.2 Å². The average molecular weight is 470 g/mol. The molecule has 0 bridgehead atoms. The Balaban J connectivity index is 1.56. The average Bonchev–Trinajstić information content (AvgIpc) is 3.35. The van der Waals surface area contributed by atoms with E-state index in [2.05, 4.69) is 19.9 Å². The molecule has 0 radical (unpaired) electrons. The Morgan fingerprint density at radius 1 is 0.625 bits per heavy atom. The van der Waals surface area contributed by atoms with E-state index in [0.717, 1.165) is 0 Å². The number of rotatable bonds is 4. The van der Waals surface area contributed by atoms with Gasteiger partial charge in [-0.1, -0.05) is 18.2 Å². The normalized spacial score (nSPS) is 12.6. The van der Waals surface area contributed by atoms with Gasteiger partial charge < -0.3 is 9.97 Å². The molecule has 0 aliphatic carbocycles. The number of hydrogen-bond acceptors (Lipinski definition) is 6. The summed E-state index contributed by atoms with van der Waals surface area (Å²) in [7, 11) is -8.66. The molecule has 5 rings (SSSR count). The van der Waals surface area contributed by atoms with Crippen molar-refractivity contribution in [1.29, 1.82) is 0 Å². The quantitative estimate of drug-likeness (QED) is 0.290. The maximum absolute atomic E-state index is 11.4. The van der Waals surface area contributed by atoms with Crippen molar-refractivity contribution in [3.63, 3.8) is 0 Å². The van der Waals surface area contributed by atoms with Gasteiger partial charge >= 0.3 is 0 Å². The van der Waals surface area contributed by atoms with Gasteiger partial charge in [0, 0.05) is 11.1 Å². The number of nitrogens with one attached hydrogen (secondary N) is 2. The molecule has 5 aromatic rings. The minimum absolute atomic E-state index is 0.236. The van der Waals surface area contributed by atoms with Gasteiger partial charge in [0.1, 0.15) is 11.6 Å². The van der Waals surface area contributed by atoms with Crippen molar-refractivity contribution in [2.45, 2.75) is 9.79 Å². The van der Waals surface area contributed by atoms with Crippen LogP contribution in [0.5, 0.6) is 0 Å². The lowest BCUT2D eigenvalue weighted by atomic mass is 10.1. The van der Waals surface area contributed by atoms with Gasteiger partial charge in [0.2, 0.25) is 0 Å². The fourth-order valence-electron chi connectivity index (χ4n) is 3.39. The van der Waals surface area contributed by atoms with Crippen molar-refractivity contribution in [2.24, 2.45) is 0 Å². The van der Waals surface area contributed by atoms with Crippen molar-refractivity contribution in [3.8, 4) is 22.8 Å². The molecule has 0 spiro atoms. The first-order chi connectivity index (χ1) is 15.1. The molecule has 12 heteroatoms. The number of hydrogen-bond donors (Lipinski definition) is 4. The molecule has 0 saturated carbocycles. The maximum atomic E-state index is 11.4. The second-order valence-corrected chi connectivity index (χ2v) is 9.90. The Morgan fingerprint density at radius 3 is 1.47 bits per heavy atom. The largest absolute Gasteiger partial charge is 0.338 e. The number of aromatic amines is 2. The zero-order valence-corrected chi connectivity index (χ0v) is 17.6. The Labute approximate surface area is 181 Å². The highest BCUT2D eigenvalue weighted by atomic mass is 32.2. The number of aromatic nitrogens is 4. The molecule has 0 fully saturated rings. The van der Waals surface area contributed by atoms with Crippen LogP contribution in [0.25, 0.3) is 44.8 Å². The highest BCUT2D eigenvalue weighted by Gasteiger charge is 2.15. The van der Waals surface area contributed by atoms with E-state index in [0.29, 0.717) is 44.8 Å². The van der Waals surface area contributed by atoms with Gasteiger partial charge in [-0.05, 0) is 42.5 Å². The molecule has 2 heterocycles. The minimum Gasteiger partial charge on any atom is -0.338 e. The SMILES string of the molecule is O=S(=O)(O)c1ccc2nc(-c3cccc(-c4nc5ccc(S(=O)(=O)O)cc5[nH]4)c3)[nH]c2c1. The lowest BCUT2D eigenvalue weighted by Gasteiger charge is -2.00. The highest BCUT2D eigenvalue weighted by molar-refractivity contribution is 7.86. The van der Waals surface area contributed by atoms with Crippen LogP contribution in [0.3, 0.4) is 0 Å². The number of fused-ring (bicyclic) bond motifs is 2. The molecule has 162 valence electrons. The summed E-state index contributed by atoms with van der Waals surface area (Å²) in [5, 5.41) is 0. The number of nitrogens with zero attached hydrogens (tertiary/aromatic N) is 2. The van der Waals surface area contributed by atoms with Crippen molar-refractivity contribution in [2.75, 3.05) is 0 Å². The first kappa shape index (κ1) is 20.3. The summed E-state index contributed by atoms with van der Waals surface area (Å²) in [4.78, 5) is 14.5. The topological polar surface area (TPSA) is 166 Å². The fourth-order valence-corrected chi connectivity index (χ4v) is 4.40. The second kappa shape index (κ2) is 6.97. The number of imidazole rings is 2. The predicted octanol–water partition coefficient (Wildman–Crippen LogP) is 3.27. The third-order valence-corrected chi connectivity index (χ3v) is 6.61. The molecule has 0 unspecified atom stereocenters. The van der Waals surface area contributed by atoms with Gasteiger partial charge in [-0.2, -0.15) is 16.8 Å². The van der Waals surface area contributed by atoms with E-state index < -0.39 is 20.2 Å². The van der Waals surface area contributed by atoms with Crippen LogP contribution < -0.4 is 0 Å². The molecule has 0 aliphatic heterocycles. The van der Waals surface area contributed by atoms with Crippen molar-refractivity contribution >= 4 is 42.3 Å². The van der Waals surface area contributed by atoms with E-state index >= 15 is 0 Å². The molecule has 0 saturated heterocycles. The summed E-state index contributed by atoms with van der Waals surface area (Å²) in [6.45, 7) is 0. The molecule has 32 heavy (non-hydrogen) atoms. The summed E-state index contributed by atoms with van der Waals surface area (Å²) in [6, 6.07) is 15.4. The van der Waals surface area contributed by atoms with Crippen LogP contribution in [-0.4, -0.2) is 45.9 Å². The number of benzene rings is 3. The Kier molecular flexibility index (Phi) is 4.43. The van der Waals surface area contributed by atoms with E-state index in [4.69, 9.17) is 0 Å². The molecular weight excluding hydrogens is 456 g/mol. The molecule has 0 amide bonds. The van der Waals surface area contributed by atoms with E-state index in [-0.39, 0.29) is 9.79 Å². The van der Waals surface area contributed by atoms with E-state index in [1.54, 1.807) is 6.07 Å². The lowest BCUT2D eigenvalue weighted by molar-refractivity contribution is 0.481. The van der Waals surface area contributed by atoms with Crippen LogP contribution in [0, 0.1) is 0 Å². The zero-order valence-electron chi connectivity index (χ0n) is 16.0. The van der Waals surface area contributed by atoms with Gasteiger partial charge in [-0.3, -0.25) is 9.11 Å². The summed E-state index contributed by atoms with van der Waals surface area (Å²) in [5.74, 6) is 0.971. The van der Waals surface area contributed by atoms with Gasteiger partial charge in [0.05, 0.1) is 31.9 Å². The molecule has 10 nitrogen and oxygen atoms in total. The first-order valence-electron chi connectivity index (χ1n) is 9.13. The van der Waals surface area contributed by atoms with Gasteiger partial charge in [0.15, 0.2) is 0 Å². The maximum Gasteiger partial charge on any atom is 0.294 e. The molecule has 2 aromatic heterocycles. The smallest absolute Gasteiger partial charge is 0.294 e. The Hall–Kier alpha value is -3.58. The van der Waals surface area contributed by atoms with Crippen LogP contribution in [0.2, 0.25) is 0 Å². The van der Waals surface area contributed by atoms with Crippen LogP contribution in [0.15, 0.2) is 70.5 Å². The summed E-state index contributed by atoms with van der Waals surface area (Å²) in [6.07, 6.45) is 0. The molecule has 0 aliphatic rings. The van der Waals surface area contributed by atoms with Gasteiger partial charge in [0.25, 0.3) is 20.2 Å². The molecule has 3 aromatic carbocycles. The van der Waals surface area contributed by atoms with Gasteiger partial charge in [-0.15, -0.1) is 0 Å². The standard InChI is InChI=1S/C20H14N4O6S2/c25-31(26,27)13-4-6-15-17(9-13)23-19(21-15)11-2-1-3-12(8-11)20-22-16-7-5-14(32(28,29)30)10-18(16)24-20/h1-10H,(H,21,23)(H,22,24)(H,25,26,27)(H,28,29,30). The van der Waals surface area contributed by atoms with Gasteiger partial charge in [-0.25, -0.2) is 9.97 Å². The van der Waals surface area contributed by atoms with Crippen LogP contribution in [-0.2, 0) is 20.2 Å². The summed E-state index contributed by atoms with van der Waals surface area (Å²) in [5.41, 5.74) is 3.35. The molecule has 0 atom stereocenters. The lowest BCUT2D eigenvalue weighted by Crippen LogP contribution is -1.97. The van der Waals surface area contributed by atoms with Crippen molar-refractivity contribution in [3.05, 3.63) is 60.7 Å². The van der Waals surface area contributed by atoms with Crippen LogP contribution in [0.4, 0.5) is 0 Å². The van der Waals surface area contributed by atoms with E-state index in [1.165, 1.54) is 36.4 Å². The Morgan fingerprint density at radius 2 is 1.06 bits per heavy atom. The second-order valence-electron chi connectivity index (χ2n) is 7.06. The monoisotopic (exact) mass is 470 g/mol. The van der Waals surface area contributed by atoms with Crippen LogP contribution in [0.1, 0.15) is 0 Å². The third kappa shape index (κ3) is 3.65. The van der Waals surface area contributed by atoms with Crippen molar-refractivity contribution < 1.29 is 25.9 Å². The summed E-state index contributed by atoms with van der Waals surface area (Å²) < 4.78 is 63.9. The Bertz CT molecular complexity index is 1610. The van der Waals surface area contributed by atoms with E-state index in [9.17, 15) is 25.9 Å². The first-order valence-corrected chi connectivity index (χ1v) is 12.0. The minimum atomic E-state index is -4.33. The molecule has 4 N–H and O–H groups in total. The molecular formula is C20H14N4O6S2. The van der Waals surface area contributed by atoms with Crippen LogP contribution >= 0.6 is 0 Å². The summed E-state index contributed by atoms with van der Waals surface area (Å²) >= 11 is 0. The predicted molar refractivity (Wildman–Crippen MR) is 116 cm³/mol. The fraction of sp³-hybridized carbons (Fsp3) is 0. The number of H-pyrrole nitrogens is 2. The highest BCUT2D eigenvalue weighted by Crippen LogP contribution is 2.28.